The molecule has 9 heteroatoms. The predicted molar refractivity (Wildman–Crippen MR) is 98.0 cm³/mol. The van der Waals surface area contributed by atoms with Gasteiger partial charge in [0.25, 0.3) is 0 Å². The van der Waals surface area contributed by atoms with Crippen LogP contribution in [0.4, 0.5) is 4.79 Å². The van der Waals surface area contributed by atoms with Crippen LogP contribution in [-0.4, -0.2) is 6.16 Å². The first-order valence-corrected chi connectivity index (χ1v) is 8.57. The molecule has 0 saturated heterocycles. The predicted octanol–water partition coefficient (Wildman–Crippen LogP) is 6.92. The molecular formula is C15H8Cl6O3. The zero-order valence-corrected chi connectivity index (χ0v) is 16.1. The van der Waals surface area contributed by atoms with Gasteiger partial charge < -0.3 is 9.47 Å². The molecule has 0 radical (unpaired) electrons. The van der Waals surface area contributed by atoms with Crippen molar-refractivity contribution < 1.29 is 14.3 Å². The number of carbonyl (C=O) groups is 1. The van der Waals surface area contributed by atoms with Crippen molar-refractivity contribution in [1.82, 2.24) is 0 Å². The largest absolute Gasteiger partial charge is 0.519 e. The van der Waals surface area contributed by atoms with Crippen molar-refractivity contribution in [3.05, 3.63) is 59.7 Å². The summed E-state index contributed by atoms with van der Waals surface area (Å²) in [5.41, 5.74) is 0.881. The van der Waals surface area contributed by atoms with Crippen LogP contribution in [0.1, 0.15) is 11.1 Å². The molecule has 24 heavy (non-hydrogen) atoms. The first-order chi connectivity index (χ1) is 11.1. The lowest BCUT2D eigenvalue weighted by Crippen LogP contribution is -2.14. The van der Waals surface area contributed by atoms with E-state index in [-0.39, 0.29) is 11.5 Å². The van der Waals surface area contributed by atoms with Crippen LogP contribution in [0.3, 0.4) is 0 Å². The average Bonchev–Trinajstić information content (AvgIpc) is 2.46. The lowest BCUT2D eigenvalue weighted by atomic mass is 10.2. The third-order valence-electron chi connectivity index (χ3n) is 2.77. The average molecular weight is 449 g/mol. The number of ether oxygens (including phenoxy) is 2. The van der Waals surface area contributed by atoms with E-state index in [1.807, 2.05) is 0 Å². The molecule has 0 saturated carbocycles. The third kappa shape index (κ3) is 5.76. The van der Waals surface area contributed by atoms with Crippen LogP contribution in [0.25, 0.3) is 0 Å². The number of hydrogen-bond donors (Lipinski definition) is 0. The molecule has 0 bridgehead atoms. The molecule has 2 aromatic carbocycles. The van der Waals surface area contributed by atoms with Crippen molar-refractivity contribution in [2.24, 2.45) is 0 Å². The third-order valence-corrected chi connectivity index (χ3v) is 4.07. The molecule has 0 N–H and O–H groups in total. The van der Waals surface area contributed by atoms with Crippen LogP contribution in [0.2, 0.25) is 0 Å². The summed E-state index contributed by atoms with van der Waals surface area (Å²) in [6, 6.07) is 12.0. The number of alkyl halides is 6. The van der Waals surface area contributed by atoms with E-state index in [9.17, 15) is 4.79 Å². The molecule has 128 valence electrons. The summed E-state index contributed by atoms with van der Waals surface area (Å²) in [5.74, 6) is 0.465. The molecule has 0 aliphatic carbocycles. The lowest BCUT2D eigenvalue weighted by molar-refractivity contribution is 0.152. The molecule has 2 aromatic rings. The summed E-state index contributed by atoms with van der Waals surface area (Å²) in [7, 11) is 0. The fourth-order valence-electron chi connectivity index (χ4n) is 1.64. The molecule has 0 aliphatic rings. The van der Waals surface area contributed by atoms with Gasteiger partial charge in [-0.2, -0.15) is 0 Å². The van der Waals surface area contributed by atoms with Gasteiger partial charge in [-0.1, -0.05) is 93.9 Å². The minimum absolute atomic E-state index is 0.232. The van der Waals surface area contributed by atoms with Crippen molar-refractivity contribution in [2.75, 3.05) is 0 Å². The topological polar surface area (TPSA) is 35.5 Å². The van der Waals surface area contributed by atoms with Crippen molar-refractivity contribution in [3.8, 4) is 11.5 Å². The Balaban J connectivity index is 1.98. The highest BCUT2D eigenvalue weighted by Gasteiger charge is 2.23. The maximum Gasteiger partial charge on any atom is 0.519 e. The summed E-state index contributed by atoms with van der Waals surface area (Å²) in [6.45, 7) is 0. The summed E-state index contributed by atoms with van der Waals surface area (Å²) in [4.78, 5) is 11.7. The lowest BCUT2D eigenvalue weighted by Gasteiger charge is -2.12. The number of halogens is 6. The Labute approximate surface area is 168 Å². The van der Waals surface area contributed by atoms with Gasteiger partial charge in [-0.05, 0) is 24.3 Å². The zero-order chi connectivity index (χ0) is 18.0. The Morgan fingerprint density at radius 2 is 0.917 bits per heavy atom. The maximum atomic E-state index is 11.7. The van der Waals surface area contributed by atoms with E-state index >= 15 is 0 Å². The van der Waals surface area contributed by atoms with Crippen LogP contribution >= 0.6 is 69.6 Å². The van der Waals surface area contributed by atoms with Gasteiger partial charge in [-0.15, -0.1) is 0 Å². The highest BCUT2D eigenvalue weighted by Crippen LogP contribution is 2.39. The van der Waals surface area contributed by atoms with E-state index in [0.29, 0.717) is 11.1 Å². The van der Waals surface area contributed by atoms with Gasteiger partial charge in [0.1, 0.15) is 11.5 Å². The molecule has 0 amide bonds. The van der Waals surface area contributed by atoms with Gasteiger partial charge in [0.15, 0.2) is 0 Å². The normalized spacial score (nSPS) is 11.9. The van der Waals surface area contributed by atoms with Gasteiger partial charge in [-0.25, -0.2) is 4.79 Å². The second kappa shape index (κ2) is 7.77. The zero-order valence-electron chi connectivity index (χ0n) is 11.6. The Bertz CT molecular complexity index is 640. The van der Waals surface area contributed by atoms with Crippen LogP contribution in [-0.2, 0) is 7.59 Å². The molecule has 0 fully saturated rings. The van der Waals surface area contributed by atoms with E-state index in [0.717, 1.165) is 0 Å². The van der Waals surface area contributed by atoms with Gasteiger partial charge in [0.05, 0.1) is 0 Å². The van der Waals surface area contributed by atoms with Gasteiger partial charge in [-0.3, -0.25) is 0 Å². The van der Waals surface area contributed by atoms with Crippen LogP contribution in [0.5, 0.6) is 11.5 Å². The van der Waals surface area contributed by atoms with E-state index in [1.165, 1.54) is 48.5 Å². The molecule has 0 heterocycles. The summed E-state index contributed by atoms with van der Waals surface area (Å²) in [6.07, 6.45) is -0.932. The number of rotatable bonds is 2. The van der Waals surface area contributed by atoms with E-state index in [1.54, 1.807) is 0 Å². The molecule has 3 nitrogen and oxygen atoms in total. The van der Waals surface area contributed by atoms with Gasteiger partial charge in [0.2, 0.25) is 7.59 Å². The molecule has 2 rings (SSSR count). The summed E-state index contributed by atoms with van der Waals surface area (Å²) >= 11 is 34.4. The Hall–Kier alpha value is -0.550. The second-order valence-corrected chi connectivity index (χ2v) is 9.06. The Morgan fingerprint density at radius 3 is 1.17 bits per heavy atom. The van der Waals surface area contributed by atoms with Crippen LogP contribution < -0.4 is 9.47 Å². The molecule has 0 atom stereocenters. The van der Waals surface area contributed by atoms with Gasteiger partial charge in [0, 0.05) is 11.1 Å². The number of carbonyl (C=O) groups excluding carboxylic acids is 1. The second-order valence-electron chi connectivity index (χ2n) is 4.50. The quantitative estimate of drug-likeness (QED) is 0.284. The maximum absolute atomic E-state index is 11.7. The summed E-state index contributed by atoms with van der Waals surface area (Å²) in [5, 5.41) is 0. The highest BCUT2D eigenvalue weighted by molar-refractivity contribution is 6.67. The molecule has 0 unspecified atom stereocenters. The van der Waals surface area contributed by atoms with Crippen molar-refractivity contribution in [2.45, 2.75) is 7.59 Å². The fraction of sp³-hybridized carbons (Fsp3) is 0.133. The molecular weight excluding hydrogens is 441 g/mol. The van der Waals surface area contributed by atoms with E-state index < -0.39 is 13.7 Å². The van der Waals surface area contributed by atoms with Crippen molar-refractivity contribution in [1.29, 1.82) is 0 Å². The Morgan fingerprint density at radius 1 is 0.625 bits per heavy atom. The number of benzene rings is 2. The summed E-state index contributed by atoms with van der Waals surface area (Å²) < 4.78 is 6.93. The van der Waals surface area contributed by atoms with E-state index in [2.05, 4.69) is 0 Å². The van der Waals surface area contributed by atoms with Crippen LogP contribution in [0, 0.1) is 0 Å². The number of hydrogen-bond acceptors (Lipinski definition) is 3. The van der Waals surface area contributed by atoms with E-state index in [4.69, 9.17) is 79.1 Å². The molecule has 0 aliphatic heterocycles. The van der Waals surface area contributed by atoms with Crippen LogP contribution in [0.15, 0.2) is 48.5 Å². The SMILES string of the molecule is O=C(Oc1ccc(C(Cl)(Cl)Cl)cc1)Oc1ccc(C(Cl)(Cl)Cl)cc1. The Kier molecular flexibility index (Phi) is 6.40. The fourth-order valence-corrected chi connectivity index (χ4v) is 2.39. The standard InChI is InChI=1S/C15H8Cl6O3/c16-14(17,18)9-1-5-11(6-2-9)23-13(22)24-12-7-3-10(4-8-12)15(19,20)21/h1-8H. The monoisotopic (exact) mass is 446 g/mol. The van der Waals surface area contributed by atoms with Crippen molar-refractivity contribution >= 4 is 75.8 Å². The first-order valence-electron chi connectivity index (χ1n) is 6.30. The van der Waals surface area contributed by atoms with Crippen molar-refractivity contribution in [3.63, 3.8) is 0 Å². The first kappa shape index (κ1) is 19.8. The minimum Gasteiger partial charge on any atom is -0.395 e. The highest BCUT2D eigenvalue weighted by atomic mass is 35.6. The molecule has 0 spiro atoms. The van der Waals surface area contributed by atoms with Gasteiger partial charge >= 0.3 is 6.16 Å². The minimum atomic E-state index is -1.55. The molecule has 0 aromatic heterocycles. The smallest absolute Gasteiger partial charge is 0.395 e.